The third kappa shape index (κ3) is 6.32. The van der Waals surface area contributed by atoms with Gasteiger partial charge in [0.25, 0.3) is 5.91 Å². The highest BCUT2D eigenvalue weighted by Crippen LogP contribution is 2.45. The molecule has 0 spiro atoms. The Kier molecular flexibility index (Phi) is 8.75. The van der Waals surface area contributed by atoms with Crippen molar-refractivity contribution in [3.8, 4) is 0 Å². The standard InChI is InChI=1S/C36H40ClF2N5O3S/c1-23-40-32-8-3-4-9-34(32)44(23)28-19-26-10-11-27(20-28)43(26)17-14-36(24-6-5-7-25(38)18-24)12-15-42(16-13-36)35(45)29-21-33(41-48(2,46)47)31(39)22-30(29)37/h3-9,18,21-22,26-28,41H,10-17,19-20H2,1-2H3/t26-,27+,28+. The van der Waals surface area contributed by atoms with Gasteiger partial charge in [-0.05, 0) is 106 Å². The summed E-state index contributed by atoms with van der Waals surface area (Å²) >= 11 is 6.29. The van der Waals surface area contributed by atoms with Gasteiger partial charge in [0.2, 0.25) is 10.0 Å². The molecule has 3 aromatic carbocycles. The van der Waals surface area contributed by atoms with E-state index < -0.39 is 21.7 Å². The number of carbonyl (C=O) groups is 1. The lowest BCUT2D eigenvalue weighted by Crippen LogP contribution is -2.49. The molecule has 0 radical (unpaired) electrons. The summed E-state index contributed by atoms with van der Waals surface area (Å²) in [6, 6.07) is 18.7. The van der Waals surface area contributed by atoms with E-state index >= 15 is 0 Å². The molecule has 1 amide bonds. The van der Waals surface area contributed by atoms with E-state index in [2.05, 4.69) is 39.3 Å². The van der Waals surface area contributed by atoms with Crippen molar-refractivity contribution in [2.75, 3.05) is 30.6 Å². The number of benzene rings is 3. The Morgan fingerprint density at radius 1 is 1.00 bits per heavy atom. The molecular weight excluding hydrogens is 656 g/mol. The molecular formula is C36H40ClF2N5O3S. The molecule has 48 heavy (non-hydrogen) atoms. The lowest BCUT2D eigenvalue weighted by atomic mass is 9.70. The normalized spacial score (nSPS) is 22.7. The minimum Gasteiger partial charge on any atom is -0.339 e. The molecule has 3 saturated heterocycles. The molecule has 3 fully saturated rings. The highest BCUT2D eigenvalue weighted by molar-refractivity contribution is 7.92. The minimum atomic E-state index is -3.77. The fourth-order valence-electron chi connectivity index (χ4n) is 8.59. The van der Waals surface area contributed by atoms with Crippen LogP contribution < -0.4 is 4.72 Å². The molecule has 7 rings (SSSR count). The molecule has 12 heteroatoms. The number of nitrogens with one attached hydrogen (secondary N) is 1. The summed E-state index contributed by atoms with van der Waals surface area (Å²) in [7, 11) is -3.77. The van der Waals surface area contributed by atoms with Crippen LogP contribution in [0.4, 0.5) is 14.5 Å². The van der Waals surface area contributed by atoms with Crippen molar-refractivity contribution in [2.24, 2.45) is 0 Å². The molecule has 0 aliphatic carbocycles. The number of imidazole rings is 1. The number of rotatable bonds is 8. The summed E-state index contributed by atoms with van der Waals surface area (Å²) < 4.78 is 57.2. The van der Waals surface area contributed by atoms with Crippen molar-refractivity contribution in [1.82, 2.24) is 19.4 Å². The van der Waals surface area contributed by atoms with Crippen LogP contribution in [0.2, 0.25) is 5.02 Å². The van der Waals surface area contributed by atoms with E-state index in [0.717, 1.165) is 73.9 Å². The van der Waals surface area contributed by atoms with Gasteiger partial charge in [-0.15, -0.1) is 0 Å². The number of piperidine rings is 2. The third-order valence-corrected chi connectivity index (χ3v) is 11.8. The van der Waals surface area contributed by atoms with Crippen molar-refractivity contribution < 1.29 is 22.0 Å². The molecule has 4 heterocycles. The van der Waals surface area contributed by atoms with E-state index in [1.54, 1.807) is 17.0 Å². The minimum absolute atomic E-state index is 0.0304. The maximum Gasteiger partial charge on any atom is 0.255 e. The Morgan fingerprint density at radius 3 is 2.40 bits per heavy atom. The Morgan fingerprint density at radius 2 is 1.71 bits per heavy atom. The van der Waals surface area contributed by atoms with Crippen molar-refractivity contribution in [1.29, 1.82) is 0 Å². The molecule has 254 valence electrons. The molecule has 3 aliphatic heterocycles. The average Bonchev–Trinajstić information content (AvgIpc) is 3.50. The molecule has 0 saturated carbocycles. The molecule has 3 aliphatic rings. The lowest BCUT2D eigenvalue weighted by molar-refractivity contribution is 0.0606. The Labute approximate surface area is 285 Å². The van der Waals surface area contributed by atoms with Gasteiger partial charge in [0, 0.05) is 31.2 Å². The van der Waals surface area contributed by atoms with Crippen LogP contribution in [0.3, 0.4) is 0 Å². The Balaban J connectivity index is 1.08. The number of carbonyl (C=O) groups excluding carboxylic acids is 1. The quantitative estimate of drug-likeness (QED) is 0.213. The number of anilines is 1. The maximum absolute atomic E-state index is 14.6. The zero-order valence-electron chi connectivity index (χ0n) is 27.1. The smallest absolute Gasteiger partial charge is 0.255 e. The maximum atomic E-state index is 14.6. The topological polar surface area (TPSA) is 87.5 Å². The van der Waals surface area contributed by atoms with Crippen LogP contribution in [0.25, 0.3) is 11.0 Å². The number of sulfonamides is 1. The highest BCUT2D eigenvalue weighted by Gasteiger charge is 2.44. The van der Waals surface area contributed by atoms with E-state index in [1.165, 1.54) is 11.6 Å². The molecule has 8 nitrogen and oxygen atoms in total. The first-order valence-corrected chi connectivity index (χ1v) is 18.9. The van der Waals surface area contributed by atoms with Crippen LogP contribution >= 0.6 is 11.6 Å². The van der Waals surface area contributed by atoms with Gasteiger partial charge in [-0.25, -0.2) is 22.2 Å². The number of para-hydroxylation sites is 2. The average molecular weight is 696 g/mol. The van der Waals surface area contributed by atoms with E-state index in [1.807, 2.05) is 12.1 Å². The van der Waals surface area contributed by atoms with Crippen LogP contribution in [0, 0.1) is 18.6 Å². The van der Waals surface area contributed by atoms with Gasteiger partial charge in [0.1, 0.15) is 17.5 Å². The van der Waals surface area contributed by atoms with Gasteiger partial charge in [0.05, 0.1) is 33.6 Å². The van der Waals surface area contributed by atoms with Crippen LogP contribution in [0.15, 0.2) is 60.7 Å². The second-order valence-electron chi connectivity index (χ2n) is 13.8. The second-order valence-corrected chi connectivity index (χ2v) is 15.9. The Bertz CT molecular complexity index is 1960. The van der Waals surface area contributed by atoms with Crippen LogP contribution in [0.1, 0.15) is 72.7 Å². The van der Waals surface area contributed by atoms with Crippen LogP contribution in [-0.4, -0.2) is 71.6 Å². The molecule has 4 aromatic rings. The highest BCUT2D eigenvalue weighted by atomic mass is 35.5. The van der Waals surface area contributed by atoms with Gasteiger partial charge in [0.15, 0.2) is 0 Å². The first-order chi connectivity index (χ1) is 22.9. The number of hydrogen-bond donors (Lipinski definition) is 1. The van der Waals surface area contributed by atoms with Gasteiger partial charge in [-0.2, -0.15) is 0 Å². The summed E-state index contributed by atoms with van der Waals surface area (Å²) in [6.45, 7) is 3.80. The number of amides is 1. The molecule has 0 unspecified atom stereocenters. The van der Waals surface area contributed by atoms with E-state index in [0.29, 0.717) is 44.1 Å². The fourth-order valence-corrected chi connectivity index (χ4v) is 9.38. The number of likely N-dealkylation sites (tertiary alicyclic amines) is 1. The zero-order valence-corrected chi connectivity index (χ0v) is 28.7. The van der Waals surface area contributed by atoms with Crippen LogP contribution in [-0.2, 0) is 15.4 Å². The lowest BCUT2D eigenvalue weighted by Gasteiger charge is -2.45. The van der Waals surface area contributed by atoms with Gasteiger partial charge < -0.3 is 9.47 Å². The number of hydrogen-bond acceptors (Lipinski definition) is 5. The van der Waals surface area contributed by atoms with Crippen molar-refractivity contribution in [2.45, 2.75) is 75.4 Å². The van der Waals surface area contributed by atoms with Gasteiger partial charge in [-0.1, -0.05) is 35.9 Å². The largest absolute Gasteiger partial charge is 0.339 e. The zero-order chi connectivity index (χ0) is 33.8. The van der Waals surface area contributed by atoms with E-state index in [-0.39, 0.29) is 27.5 Å². The van der Waals surface area contributed by atoms with Gasteiger partial charge in [-0.3, -0.25) is 14.4 Å². The predicted octanol–water partition coefficient (Wildman–Crippen LogP) is 7.08. The monoisotopic (exact) mass is 695 g/mol. The first kappa shape index (κ1) is 33.0. The fraction of sp³-hybridized carbons (Fsp3) is 0.444. The van der Waals surface area contributed by atoms with E-state index in [9.17, 15) is 22.0 Å². The summed E-state index contributed by atoms with van der Waals surface area (Å²) in [5, 5.41) is -0.0868. The number of halogens is 3. The Hall–Kier alpha value is -3.54. The molecule has 2 bridgehead atoms. The molecule has 3 atom stereocenters. The summed E-state index contributed by atoms with van der Waals surface area (Å²) in [6.07, 6.45) is 7.47. The van der Waals surface area contributed by atoms with E-state index in [4.69, 9.17) is 16.6 Å². The van der Waals surface area contributed by atoms with Crippen molar-refractivity contribution in [3.05, 3.63) is 94.3 Å². The van der Waals surface area contributed by atoms with Crippen molar-refractivity contribution >= 4 is 44.3 Å². The first-order valence-electron chi connectivity index (χ1n) is 16.6. The third-order valence-electron chi connectivity index (χ3n) is 10.9. The number of aromatic nitrogens is 2. The summed E-state index contributed by atoms with van der Waals surface area (Å²) in [5.41, 5.74) is 2.55. The summed E-state index contributed by atoms with van der Waals surface area (Å²) in [4.78, 5) is 22.8. The molecule has 1 aromatic heterocycles. The predicted molar refractivity (Wildman–Crippen MR) is 184 cm³/mol. The number of nitrogens with zero attached hydrogens (tertiary/aromatic N) is 4. The number of fused-ring (bicyclic) bond motifs is 3. The van der Waals surface area contributed by atoms with Crippen LogP contribution in [0.5, 0.6) is 0 Å². The summed E-state index contributed by atoms with van der Waals surface area (Å²) in [5.74, 6) is -0.479. The molecule has 1 N–H and O–H groups in total. The van der Waals surface area contributed by atoms with Gasteiger partial charge >= 0.3 is 0 Å². The van der Waals surface area contributed by atoms with Crippen molar-refractivity contribution in [3.63, 3.8) is 0 Å². The number of aryl methyl sites for hydroxylation is 1. The SMILES string of the molecule is Cc1nc2ccccc2n1[C@H]1C[C@H]2CC[C@@H](C1)N2CCC1(c2cccc(F)c2)CCN(C(=O)c2cc(NS(C)(=O)=O)c(F)cc2Cl)CC1. The second kappa shape index (κ2) is 12.7.